The van der Waals surface area contributed by atoms with E-state index in [2.05, 4.69) is 5.32 Å². The molecule has 0 aliphatic heterocycles. The van der Waals surface area contributed by atoms with E-state index in [1.807, 2.05) is 61.6 Å². The largest absolute Gasteiger partial charge is 0.468 e. The minimum Gasteiger partial charge on any atom is -0.468 e. The predicted octanol–water partition coefficient (Wildman–Crippen LogP) is 3.16. The van der Waals surface area contributed by atoms with Gasteiger partial charge in [0.15, 0.2) is 0 Å². The van der Waals surface area contributed by atoms with E-state index in [4.69, 9.17) is 4.42 Å². The van der Waals surface area contributed by atoms with Crippen molar-refractivity contribution in [2.75, 3.05) is 20.6 Å². The first-order valence-electron chi connectivity index (χ1n) is 6.77. The van der Waals surface area contributed by atoms with Gasteiger partial charge in [0.25, 0.3) is 0 Å². The average molecular weight is 304 g/mol. The van der Waals surface area contributed by atoms with Gasteiger partial charge in [-0.3, -0.25) is 9.69 Å². The Morgan fingerprint density at radius 3 is 2.81 bits per heavy atom. The summed E-state index contributed by atoms with van der Waals surface area (Å²) in [7, 11) is 3.93. The van der Waals surface area contributed by atoms with Crippen molar-refractivity contribution < 1.29 is 9.21 Å². The second-order valence-corrected chi connectivity index (χ2v) is 6.03. The van der Waals surface area contributed by atoms with Crippen molar-refractivity contribution in [1.29, 1.82) is 0 Å². The highest BCUT2D eigenvalue weighted by Crippen LogP contribution is 2.18. The van der Waals surface area contributed by atoms with Gasteiger partial charge in [-0.2, -0.15) is 0 Å². The molecule has 0 aliphatic carbocycles. The number of nitrogens with one attached hydrogen (secondary N) is 1. The number of hydrogen-bond donors (Lipinski definition) is 1. The Balaban J connectivity index is 1.96. The van der Waals surface area contributed by atoms with E-state index >= 15 is 0 Å². The maximum atomic E-state index is 12.1. The molecule has 2 rings (SSSR count). The van der Waals surface area contributed by atoms with Gasteiger partial charge < -0.3 is 9.73 Å². The van der Waals surface area contributed by atoms with E-state index in [0.29, 0.717) is 12.1 Å². The maximum Gasteiger partial charge on any atom is 0.247 e. The number of rotatable bonds is 6. The van der Waals surface area contributed by atoms with E-state index in [9.17, 15) is 4.79 Å². The monoisotopic (exact) mass is 304 g/mol. The quantitative estimate of drug-likeness (QED) is 0.834. The first-order valence-corrected chi connectivity index (χ1v) is 7.65. The molecule has 1 atom stereocenters. The first kappa shape index (κ1) is 15.5. The third-order valence-corrected chi connectivity index (χ3v) is 4.03. The van der Waals surface area contributed by atoms with Gasteiger partial charge in [-0.05, 0) is 50.7 Å². The van der Waals surface area contributed by atoms with Crippen LogP contribution < -0.4 is 5.32 Å². The van der Waals surface area contributed by atoms with Gasteiger partial charge in [-0.15, -0.1) is 11.3 Å². The number of likely N-dealkylation sites (N-methyl/N-ethyl adjacent to an activating group) is 1. The topological polar surface area (TPSA) is 45.5 Å². The standard InChI is InChI=1S/C16H20N2O2S/c1-12(10-13-6-5-9-21-13)16(19)17-11-14(18(2)3)15-7-4-8-20-15/h4-10,14H,11H2,1-3H3,(H,17,19)/b12-10+. The third kappa shape index (κ3) is 4.31. The third-order valence-electron chi connectivity index (χ3n) is 3.21. The highest BCUT2D eigenvalue weighted by Gasteiger charge is 2.18. The zero-order chi connectivity index (χ0) is 15.2. The van der Waals surface area contributed by atoms with Gasteiger partial charge in [0.05, 0.1) is 12.3 Å². The molecule has 5 heteroatoms. The lowest BCUT2D eigenvalue weighted by Crippen LogP contribution is -2.34. The Labute approximate surface area is 129 Å². The molecule has 0 aromatic carbocycles. The fourth-order valence-electron chi connectivity index (χ4n) is 2.00. The summed E-state index contributed by atoms with van der Waals surface area (Å²) in [6.45, 7) is 2.33. The van der Waals surface area contributed by atoms with Crippen molar-refractivity contribution in [2.45, 2.75) is 13.0 Å². The van der Waals surface area contributed by atoms with Crippen molar-refractivity contribution in [1.82, 2.24) is 10.2 Å². The highest BCUT2D eigenvalue weighted by molar-refractivity contribution is 7.10. The summed E-state index contributed by atoms with van der Waals surface area (Å²) in [4.78, 5) is 15.2. The molecule has 2 aromatic rings. The summed E-state index contributed by atoms with van der Waals surface area (Å²) in [6.07, 6.45) is 3.55. The number of nitrogens with zero attached hydrogens (tertiary/aromatic N) is 1. The molecule has 0 bridgehead atoms. The molecule has 112 valence electrons. The van der Waals surface area contributed by atoms with Crippen molar-refractivity contribution in [3.8, 4) is 0 Å². The zero-order valence-corrected chi connectivity index (χ0v) is 13.3. The summed E-state index contributed by atoms with van der Waals surface area (Å²) in [5.74, 6) is 0.794. The number of hydrogen-bond acceptors (Lipinski definition) is 4. The Bertz CT molecular complexity index is 586. The molecule has 0 fully saturated rings. The second-order valence-electron chi connectivity index (χ2n) is 5.05. The van der Waals surface area contributed by atoms with E-state index < -0.39 is 0 Å². The lowest BCUT2D eigenvalue weighted by molar-refractivity contribution is -0.117. The molecule has 2 heterocycles. The van der Waals surface area contributed by atoms with Crippen molar-refractivity contribution >= 4 is 23.3 Å². The molecule has 0 aliphatic rings. The molecule has 4 nitrogen and oxygen atoms in total. The molecule has 1 amide bonds. The maximum absolute atomic E-state index is 12.1. The Hall–Kier alpha value is -1.85. The van der Waals surface area contributed by atoms with E-state index in [1.54, 1.807) is 17.6 Å². The number of carbonyl (C=O) groups is 1. The Morgan fingerprint density at radius 1 is 1.43 bits per heavy atom. The number of furan rings is 1. The van der Waals surface area contributed by atoms with Crippen LogP contribution in [0.2, 0.25) is 0 Å². The molecule has 21 heavy (non-hydrogen) atoms. The van der Waals surface area contributed by atoms with E-state index in [-0.39, 0.29) is 11.9 Å². The van der Waals surface area contributed by atoms with Gasteiger partial charge >= 0.3 is 0 Å². The van der Waals surface area contributed by atoms with Crippen LogP contribution in [0.3, 0.4) is 0 Å². The molecular weight excluding hydrogens is 284 g/mol. The fraction of sp³-hybridized carbons (Fsp3) is 0.312. The van der Waals surface area contributed by atoms with E-state index in [0.717, 1.165) is 10.6 Å². The van der Waals surface area contributed by atoms with Crippen LogP contribution in [-0.4, -0.2) is 31.4 Å². The van der Waals surface area contributed by atoms with Gasteiger partial charge in [-0.1, -0.05) is 6.07 Å². The number of amides is 1. The minimum atomic E-state index is -0.0539. The minimum absolute atomic E-state index is 0.0264. The predicted molar refractivity (Wildman–Crippen MR) is 86.1 cm³/mol. The molecule has 0 saturated heterocycles. The van der Waals surface area contributed by atoms with Crippen LogP contribution in [0.5, 0.6) is 0 Å². The van der Waals surface area contributed by atoms with Gasteiger partial charge in [-0.25, -0.2) is 0 Å². The normalized spacial score (nSPS) is 13.4. The molecule has 0 saturated carbocycles. The summed E-state index contributed by atoms with van der Waals surface area (Å²) in [5.41, 5.74) is 0.703. The van der Waals surface area contributed by atoms with Crippen molar-refractivity contribution in [3.05, 3.63) is 52.1 Å². The van der Waals surface area contributed by atoms with Crippen molar-refractivity contribution in [2.24, 2.45) is 0 Å². The number of thiophene rings is 1. The van der Waals surface area contributed by atoms with Gasteiger partial charge in [0.1, 0.15) is 5.76 Å². The lowest BCUT2D eigenvalue weighted by atomic mass is 10.2. The molecule has 0 spiro atoms. The molecule has 1 N–H and O–H groups in total. The molecular formula is C16H20N2O2S. The number of carbonyl (C=O) groups excluding carboxylic acids is 1. The fourth-order valence-corrected chi connectivity index (χ4v) is 2.72. The molecule has 1 unspecified atom stereocenters. The van der Waals surface area contributed by atoms with Crippen LogP contribution in [-0.2, 0) is 4.79 Å². The van der Waals surface area contributed by atoms with Crippen LogP contribution in [0.15, 0.2) is 45.9 Å². The lowest BCUT2D eigenvalue weighted by Gasteiger charge is -2.22. The Kier molecular flexibility index (Phi) is 5.36. The highest BCUT2D eigenvalue weighted by atomic mass is 32.1. The van der Waals surface area contributed by atoms with E-state index in [1.165, 1.54) is 0 Å². The first-order chi connectivity index (χ1) is 10.1. The summed E-state index contributed by atoms with van der Waals surface area (Å²) < 4.78 is 5.43. The van der Waals surface area contributed by atoms with Gasteiger partial charge in [0, 0.05) is 17.0 Å². The van der Waals surface area contributed by atoms with Crippen LogP contribution >= 0.6 is 11.3 Å². The second kappa shape index (κ2) is 7.24. The van der Waals surface area contributed by atoms with Crippen LogP contribution in [0, 0.1) is 0 Å². The Morgan fingerprint density at radius 2 is 2.24 bits per heavy atom. The smallest absolute Gasteiger partial charge is 0.247 e. The van der Waals surface area contributed by atoms with Crippen molar-refractivity contribution in [3.63, 3.8) is 0 Å². The van der Waals surface area contributed by atoms with Gasteiger partial charge in [0.2, 0.25) is 5.91 Å². The summed E-state index contributed by atoms with van der Waals surface area (Å²) in [5, 5.41) is 4.96. The van der Waals surface area contributed by atoms with Crippen LogP contribution in [0.25, 0.3) is 6.08 Å². The average Bonchev–Trinajstić information content (AvgIpc) is 3.11. The molecule has 2 aromatic heterocycles. The van der Waals surface area contributed by atoms with Crippen LogP contribution in [0.4, 0.5) is 0 Å². The van der Waals surface area contributed by atoms with Crippen LogP contribution in [0.1, 0.15) is 23.6 Å². The zero-order valence-electron chi connectivity index (χ0n) is 12.5. The SMILES string of the molecule is C/C(=C\c1cccs1)C(=O)NCC(c1ccco1)N(C)C. The summed E-state index contributed by atoms with van der Waals surface area (Å²) >= 11 is 1.62. The molecule has 0 radical (unpaired) electrons. The summed E-state index contributed by atoms with van der Waals surface area (Å²) in [6, 6.07) is 7.77.